The average molecular weight is 201 g/mol. The van der Waals surface area contributed by atoms with Gasteiger partial charge >= 0.3 is 0 Å². The summed E-state index contributed by atoms with van der Waals surface area (Å²) in [5.74, 6) is 1.35. The van der Waals surface area contributed by atoms with Crippen LogP contribution in [0.25, 0.3) is 0 Å². The standard InChI is InChI=1S/C8H11NOS2/c1-5-8(10)7(4-12)6(3-11)2-9-5/h2,10-12H,3-4H2,1H3. The molecule has 12 heavy (non-hydrogen) atoms. The predicted octanol–water partition coefficient (Wildman–Crippen LogP) is 1.96. The normalized spacial score (nSPS) is 10.2. The highest BCUT2D eigenvalue weighted by molar-refractivity contribution is 7.79. The molecular formula is C8H11NOS2. The molecule has 1 aromatic heterocycles. The van der Waals surface area contributed by atoms with E-state index in [2.05, 4.69) is 30.2 Å². The first-order valence-electron chi connectivity index (χ1n) is 3.58. The van der Waals surface area contributed by atoms with Gasteiger partial charge in [0, 0.05) is 23.3 Å². The molecule has 0 saturated carbocycles. The molecule has 0 fully saturated rings. The van der Waals surface area contributed by atoms with Gasteiger partial charge in [0.2, 0.25) is 0 Å². The molecule has 1 rings (SSSR count). The third-order valence-corrected chi connectivity index (χ3v) is 2.42. The van der Waals surface area contributed by atoms with Crippen LogP contribution in [0.15, 0.2) is 6.20 Å². The van der Waals surface area contributed by atoms with Crippen molar-refractivity contribution in [2.24, 2.45) is 0 Å². The third kappa shape index (κ3) is 1.69. The van der Waals surface area contributed by atoms with Gasteiger partial charge < -0.3 is 5.11 Å². The highest BCUT2D eigenvalue weighted by Crippen LogP contribution is 2.25. The Bertz CT molecular complexity index is 289. The van der Waals surface area contributed by atoms with Crippen LogP contribution in [0.2, 0.25) is 0 Å². The van der Waals surface area contributed by atoms with Gasteiger partial charge in [0.15, 0.2) is 0 Å². The Hall–Kier alpha value is -0.350. The summed E-state index contributed by atoms with van der Waals surface area (Å²) in [7, 11) is 0. The van der Waals surface area contributed by atoms with Crippen molar-refractivity contribution in [1.82, 2.24) is 4.98 Å². The Balaban J connectivity index is 3.25. The second kappa shape index (κ2) is 4.05. The van der Waals surface area contributed by atoms with Gasteiger partial charge in [-0.15, -0.1) is 0 Å². The quantitative estimate of drug-likeness (QED) is 0.639. The Morgan fingerprint density at radius 3 is 2.58 bits per heavy atom. The molecule has 0 aromatic carbocycles. The van der Waals surface area contributed by atoms with Crippen molar-refractivity contribution in [3.05, 3.63) is 23.0 Å². The van der Waals surface area contributed by atoms with Crippen LogP contribution in [-0.2, 0) is 11.5 Å². The number of pyridine rings is 1. The first-order chi connectivity index (χ1) is 5.70. The van der Waals surface area contributed by atoms with Gasteiger partial charge in [-0.1, -0.05) is 0 Å². The zero-order chi connectivity index (χ0) is 9.14. The summed E-state index contributed by atoms with van der Waals surface area (Å²) in [4.78, 5) is 4.03. The number of thiol groups is 2. The minimum atomic E-state index is 0.247. The molecule has 1 aromatic rings. The summed E-state index contributed by atoms with van der Waals surface area (Å²) in [6.07, 6.45) is 1.73. The number of aromatic hydroxyl groups is 1. The highest BCUT2D eigenvalue weighted by atomic mass is 32.1. The Morgan fingerprint density at radius 1 is 1.42 bits per heavy atom. The van der Waals surface area contributed by atoms with Crippen molar-refractivity contribution in [1.29, 1.82) is 0 Å². The molecule has 0 atom stereocenters. The van der Waals surface area contributed by atoms with E-state index < -0.39 is 0 Å². The fraction of sp³-hybridized carbons (Fsp3) is 0.375. The minimum Gasteiger partial charge on any atom is -0.506 e. The first-order valence-corrected chi connectivity index (χ1v) is 4.85. The first kappa shape index (κ1) is 9.74. The molecule has 4 heteroatoms. The van der Waals surface area contributed by atoms with Crippen molar-refractivity contribution >= 4 is 25.3 Å². The molecule has 0 aliphatic rings. The van der Waals surface area contributed by atoms with Crippen molar-refractivity contribution in [2.75, 3.05) is 0 Å². The SMILES string of the molecule is Cc1ncc(CS)c(CS)c1O. The predicted molar refractivity (Wildman–Crippen MR) is 56.0 cm³/mol. The van der Waals surface area contributed by atoms with E-state index in [9.17, 15) is 5.11 Å². The van der Waals surface area contributed by atoms with Crippen LogP contribution in [0.1, 0.15) is 16.8 Å². The fourth-order valence-corrected chi connectivity index (χ4v) is 1.62. The molecule has 66 valence electrons. The molecule has 0 amide bonds. The summed E-state index contributed by atoms with van der Waals surface area (Å²) in [5, 5.41) is 9.56. The van der Waals surface area contributed by atoms with E-state index >= 15 is 0 Å². The van der Waals surface area contributed by atoms with E-state index in [0.717, 1.165) is 11.1 Å². The van der Waals surface area contributed by atoms with Gasteiger partial charge in [0.05, 0.1) is 5.69 Å². The largest absolute Gasteiger partial charge is 0.506 e. The van der Waals surface area contributed by atoms with E-state index in [4.69, 9.17) is 0 Å². The van der Waals surface area contributed by atoms with Crippen LogP contribution in [0, 0.1) is 6.92 Å². The molecule has 0 saturated heterocycles. The van der Waals surface area contributed by atoms with Crippen LogP contribution in [0.4, 0.5) is 0 Å². The Labute approximate surface area is 82.9 Å². The van der Waals surface area contributed by atoms with Crippen LogP contribution in [-0.4, -0.2) is 10.1 Å². The Kier molecular flexibility index (Phi) is 3.29. The lowest BCUT2D eigenvalue weighted by atomic mass is 10.1. The highest BCUT2D eigenvalue weighted by Gasteiger charge is 2.08. The van der Waals surface area contributed by atoms with Gasteiger partial charge in [0.25, 0.3) is 0 Å². The lowest BCUT2D eigenvalue weighted by molar-refractivity contribution is 0.462. The average Bonchev–Trinajstić information content (AvgIpc) is 2.09. The molecule has 0 spiro atoms. The van der Waals surface area contributed by atoms with E-state index in [1.165, 1.54) is 0 Å². The van der Waals surface area contributed by atoms with E-state index in [0.29, 0.717) is 17.2 Å². The van der Waals surface area contributed by atoms with E-state index in [1.807, 2.05) is 0 Å². The zero-order valence-electron chi connectivity index (χ0n) is 6.78. The van der Waals surface area contributed by atoms with Gasteiger partial charge in [-0.3, -0.25) is 4.98 Å². The number of hydrogen-bond donors (Lipinski definition) is 3. The van der Waals surface area contributed by atoms with Gasteiger partial charge in [-0.25, -0.2) is 0 Å². The maximum absolute atomic E-state index is 9.56. The second-order valence-corrected chi connectivity index (χ2v) is 3.14. The number of nitrogens with zero attached hydrogens (tertiary/aromatic N) is 1. The van der Waals surface area contributed by atoms with Crippen molar-refractivity contribution in [3.63, 3.8) is 0 Å². The van der Waals surface area contributed by atoms with E-state index in [-0.39, 0.29) is 5.75 Å². The topological polar surface area (TPSA) is 33.1 Å². The second-order valence-electron chi connectivity index (χ2n) is 2.51. The number of aromatic nitrogens is 1. The minimum absolute atomic E-state index is 0.247. The molecule has 0 unspecified atom stereocenters. The summed E-state index contributed by atoms with van der Waals surface area (Å²) in [6, 6.07) is 0. The molecular weight excluding hydrogens is 190 g/mol. The zero-order valence-corrected chi connectivity index (χ0v) is 8.57. The number of aryl methyl sites for hydroxylation is 1. The summed E-state index contributed by atoms with van der Waals surface area (Å²) >= 11 is 8.26. The van der Waals surface area contributed by atoms with E-state index in [1.54, 1.807) is 13.1 Å². The summed E-state index contributed by atoms with van der Waals surface area (Å²) < 4.78 is 0. The van der Waals surface area contributed by atoms with Crippen molar-refractivity contribution < 1.29 is 5.11 Å². The van der Waals surface area contributed by atoms with Crippen LogP contribution in [0.5, 0.6) is 5.75 Å². The lowest BCUT2D eigenvalue weighted by Crippen LogP contribution is -1.94. The van der Waals surface area contributed by atoms with Crippen LogP contribution < -0.4 is 0 Å². The molecule has 0 radical (unpaired) electrons. The summed E-state index contributed by atoms with van der Waals surface area (Å²) in [5.41, 5.74) is 2.42. The Morgan fingerprint density at radius 2 is 2.08 bits per heavy atom. The summed E-state index contributed by atoms with van der Waals surface area (Å²) in [6.45, 7) is 1.77. The molecule has 0 bridgehead atoms. The van der Waals surface area contributed by atoms with Gasteiger partial charge in [0.1, 0.15) is 5.75 Å². The third-order valence-electron chi connectivity index (χ3n) is 1.76. The smallest absolute Gasteiger partial charge is 0.141 e. The molecule has 1 heterocycles. The fourth-order valence-electron chi connectivity index (χ4n) is 0.997. The number of hydrogen-bond acceptors (Lipinski definition) is 4. The molecule has 1 N–H and O–H groups in total. The number of rotatable bonds is 2. The monoisotopic (exact) mass is 201 g/mol. The molecule has 2 nitrogen and oxygen atoms in total. The lowest BCUT2D eigenvalue weighted by Gasteiger charge is -2.08. The molecule has 0 aliphatic carbocycles. The molecule has 0 aliphatic heterocycles. The maximum atomic E-state index is 9.56. The maximum Gasteiger partial charge on any atom is 0.141 e. The van der Waals surface area contributed by atoms with Crippen molar-refractivity contribution in [3.8, 4) is 5.75 Å². The van der Waals surface area contributed by atoms with Crippen LogP contribution >= 0.6 is 25.3 Å². The van der Waals surface area contributed by atoms with Gasteiger partial charge in [-0.2, -0.15) is 25.3 Å². The van der Waals surface area contributed by atoms with Crippen LogP contribution in [0.3, 0.4) is 0 Å². The van der Waals surface area contributed by atoms with Gasteiger partial charge in [-0.05, 0) is 12.5 Å². The van der Waals surface area contributed by atoms with Crippen molar-refractivity contribution in [2.45, 2.75) is 18.4 Å².